The predicted molar refractivity (Wildman–Crippen MR) is 187 cm³/mol. The standard InChI is InChI=1S/C40H30O10/c1-19-27(33(43)29-35(45)37(47)31(41)25(39(29)49-19)17-21-9-5-3-6-10-21)23-13-15-24(16-14-23)28-20(2)50-40-26(18-22-11-7-4-8-12-22)32(42)38(48)36(46)30(40)34(28)44/h3-16,41-42,45-48H,17-18H2,1-2H3. The van der Waals surface area contributed by atoms with Gasteiger partial charge in [0.15, 0.2) is 23.0 Å². The Bertz CT molecular complexity index is 2400. The lowest BCUT2D eigenvalue weighted by molar-refractivity contribution is 0.367. The predicted octanol–water partition coefficient (Wildman–Crippen LogP) is 7.27. The molecule has 6 N–H and O–H groups in total. The zero-order valence-electron chi connectivity index (χ0n) is 26.8. The van der Waals surface area contributed by atoms with Gasteiger partial charge in [0, 0.05) is 24.0 Å². The molecule has 0 amide bonds. The van der Waals surface area contributed by atoms with Gasteiger partial charge < -0.3 is 39.5 Å². The van der Waals surface area contributed by atoms with Crippen molar-refractivity contribution in [3.05, 3.63) is 139 Å². The van der Waals surface area contributed by atoms with Crippen LogP contribution in [0.2, 0.25) is 0 Å². The van der Waals surface area contributed by atoms with Crippen LogP contribution < -0.4 is 10.9 Å². The Morgan fingerprint density at radius 2 is 0.800 bits per heavy atom. The van der Waals surface area contributed by atoms with Gasteiger partial charge in [-0.1, -0.05) is 84.9 Å². The molecule has 0 aliphatic carbocycles. The smallest absolute Gasteiger partial charge is 0.204 e. The van der Waals surface area contributed by atoms with Crippen molar-refractivity contribution in [2.45, 2.75) is 26.7 Å². The highest BCUT2D eigenvalue weighted by Gasteiger charge is 2.28. The molecule has 0 radical (unpaired) electrons. The van der Waals surface area contributed by atoms with Crippen molar-refractivity contribution in [1.29, 1.82) is 0 Å². The molecule has 0 saturated carbocycles. The zero-order chi connectivity index (χ0) is 35.4. The molecule has 0 fully saturated rings. The largest absolute Gasteiger partial charge is 0.504 e. The van der Waals surface area contributed by atoms with Crippen molar-refractivity contribution < 1.29 is 39.5 Å². The van der Waals surface area contributed by atoms with Gasteiger partial charge >= 0.3 is 0 Å². The molecule has 250 valence electrons. The molecule has 5 aromatic carbocycles. The van der Waals surface area contributed by atoms with Crippen LogP contribution in [0.4, 0.5) is 0 Å². The van der Waals surface area contributed by atoms with Crippen LogP contribution in [-0.4, -0.2) is 30.6 Å². The van der Waals surface area contributed by atoms with Crippen LogP contribution in [0.3, 0.4) is 0 Å². The number of aryl methyl sites for hydroxylation is 2. The molecule has 0 spiro atoms. The highest BCUT2D eigenvalue weighted by molar-refractivity contribution is 5.96. The van der Waals surface area contributed by atoms with Crippen molar-refractivity contribution in [3.63, 3.8) is 0 Å². The molecule has 7 aromatic rings. The van der Waals surface area contributed by atoms with E-state index in [0.717, 1.165) is 11.1 Å². The number of phenolic OH excluding ortho intramolecular Hbond substituents is 6. The summed E-state index contributed by atoms with van der Waals surface area (Å²) in [5.41, 5.74) is 1.32. The Balaban J connectivity index is 1.35. The molecule has 0 atom stereocenters. The van der Waals surface area contributed by atoms with Gasteiger partial charge in [-0.05, 0) is 36.1 Å². The van der Waals surface area contributed by atoms with E-state index in [1.54, 1.807) is 38.1 Å². The summed E-state index contributed by atoms with van der Waals surface area (Å²) in [5.74, 6) is -4.13. The highest BCUT2D eigenvalue weighted by Crippen LogP contribution is 2.47. The SMILES string of the molecule is Cc1oc2c(Cc3ccccc3)c(O)c(O)c(O)c2c(=O)c1-c1ccc(-c2c(C)oc3c(Cc4ccccc4)c(O)c(O)c(O)c3c2=O)cc1. The lowest BCUT2D eigenvalue weighted by Crippen LogP contribution is -2.10. The van der Waals surface area contributed by atoms with Gasteiger partial charge in [-0.15, -0.1) is 0 Å². The first-order chi connectivity index (χ1) is 24.0. The average Bonchev–Trinajstić information content (AvgIpc) is 3.11. The molecule has 10 nitrogen and oxygen atoms in total. The van der Waals surface area contributed by atoms with Gasteiger partial charge in [-0.2, -0.15) is 0 Å². The molecular weight excluding hydrogens is 640 g/mol. The van der Waals surface area contributed by atoms with E-state index < -0.39 is 45.4 Å². The number of aromatic hydroxyl groups is 6. The van der Waals surface area contributed by atoms with E-state index in [0.29, 0.717) is 11.1 Å². The van der Waals surface area contributed by atoms with E-state index in [1.165, 1.54) is 0 Å². The van der Waals surface area contributed by atoms with Gasteiger partial charge in [0.25, 0.3) is 0 Å². The minimum atomic E-state index is -0.839. The first-order valence-electron chi connectivity index (χ1n) is 15.6. The molecule has 2 heterocycles. The van der Waals surface area contributed by atoms with Crippen LogP contribution >= 0.6 is 0 Å². The summed E-state index contributed by atoms with van der Waals surface area (Å²) < 4.78 is 12.1. The quantitative estimate of drug-likeness (QED) is 0.0985. The van der Waals surface area contributed by atoms with E-state index in [2.05, 4.69) is 0 Å². The van der Waals surface area contributed by atoms with Crippen LogP contribution in [0.15, 0.2) is 103 Å². The number of hydrogen-bond acceptors (Lipinski definition) is 10. The third-order valence-corrected chi connectivity index (χ3v) is 8.98. The van der Waals surface area contributed by atoms with E-state index in [-0.39, 0.29) is 68.6 Å². The van der Waals surface area contributed by atoms with Gasteiger partial charge in [0.1, 0.15) is 33.5 Å². The van der Waals surface area contributed by atoms with Crippen molar-refractivity contribution in [2.24, 2.45) is 0 Å². The van der Waals surface area contributed by atoms with Gasteiger partial charge in [0.2, 0.25) is 22.4 Å². The van der Waals surface area contributed by atoms with Gasteiger partial charge in [0.05, 0.1) is 11.1 Å². The molecular formula is C40H30O10. The Labute approximate surface area is 283 Å². The number of rotatable bonds is 6. The second-order valence-electron chi connectivity index (χ2n) is 12.1. The van der Waals surface area contributed by atoms with E-state index in [1.807, 2.05) is 60.7 Å². The molecule has 0 aliphatic rings. The third kappa shape index (κ3) is 5.05. The van der Waals surface area contributed by atoms with Gasteiger partial charge in [-0.3, -0.25) is 9.59 Å². The molecule has 0 saturated heterocycles. The van der Waals surface area contributed by atoms with Crippen molar-refractivity contribution in [2.75, 3.05) is 0 Å². The molecule has 0 bridgehead atoms. The topological polar surface area (TPSA) is 182 Å². The van der Waals surface area contributed by atoms with Crippen LogP contribution in [0, 0.1) is 13.8 Å². The van der Waals surface area contributed by atoms with Crippen molar-refractivity contribution in [1.82, 2.24) is 0 Å². The normalized spacial score (nSPS) is 11.4. The molecule has 7 rings (SSSR count). The molecule has 0 aliphatic heterocycles. The fourth-order valence-corrected chi connectivity index (χ4v) is 6.50. The van der Waals surface area contributed by atoms with Crippen molar-refractivity contribution in [3.8, 4) is 56.8 Å². The number of benzene rings is 5. The highest BCUT2D eigenvalue weighted by atomic mass is 16.4. The maximum atomic E-state index is 14.0. The minimum Gasteiger partial charge on any atom is -0.504 e. The maximum Gasteiger partial charge on any atom is 0.204 e. The second-order valence-corrected chi connectivity index (χ2v) is 12.1. The van der Waals surface area contributed by atoms with Crippen LogP contribution in [-0.2, 0) is 12.8 Å². The summed E-state index contributed by atoms with van der Waals surface area (Å²) in [6, 6.07) is 24.4. The van der Waals surface area contributed by atoms with Crippen LogP contribution in [0.25, 0.3) is 44.2 Å². The zero-order valence-corrected chi connectivity index (χ0v) is 26.8. The number of phenols is 6. The summed E-state index contributed by atoms with van der Waals surface area (Å²) in [6.07, 6.45) is 0.226. The Morgan fingerprint density at radius 1 is 0.460 bits per heavy atom. The van der Waals surface area contributed by atoms with E-state index in [9.17, 15) is 40.2 Å². The maximum absolute atomic E-state index is 14.0. The first-order valence-corrected chi connectivity index (χ1v) is 15.6. The second kappa shape index (κ2) is 12.1. The molecule has 10 heteroatoms. The summed E-state index contributed by atoms with van der Waals surface area (Å²) >= 11 is 0. The van der Waals surface area contributed by atoms with E-state index >= 15 is 0 Å². The van der Waals surface area contributed by atoms with Crippen molar-refractivity contribution >= 4 is 21.9 Å². The lowest BCUT2D eigenvalue weighted by Gasteiger charge is -2.15. The Morgan fingerprint density at radius 3 is 1.14 bits per heavy atom. The van der Waals surface area contributed by atoms with Gasteiger partial charge in [-0.25, -0.2) is 0 Å². The fraction of sp³-hybridized carbons (Fsp3) is 0.100. The van der Waals surface area contributed by atoms with Crippen LogP contribution in [0.1, 0.15) is 33.8 Å². The minimum absolute atomic E-state index is 0.0605. The number of fused-ring (bicyclic) bond motifs is 2. The Hall–Kier alpha value is -6.68. The Kier molecular flexibility index (Phi) is 7.71. The summed E-state index contributed by atoms with van der Waals surface area (Å²) in [7, 11) is 0. The first kappa shape index (κ1) is 31.9. The average molecular weight is 671 g/mol. The summed E-state index contributed by atoms with van der Waals surface area (Å²) in [6.45, 7) is 3.13. The summed E-state index contributed by atoms with van der Waals surface area (Å²) in [4.78, 5) is 27.9. The fourth-order valence-electron chi connectivity index (χ4n) is 6.50. The number of hydrogen-bond donors (Lipinski definition) is 6. The lowest BCUT2D eigenvalue weighted by atomic mass is 9.94. The van der Waals surface area contributed by atoms with E-state index in [4.69, 9.17) is 8.83 Å². The molecule has 50 heavy (non-hydrogen) atoms. The summed E-state index contributed by atoms with van der Waals surface area (Å²) in [5, 5.41) is 63.7. The molecule has 0 unspecified atom stereocenters. The monoisotopic (exact) mass is 670 g/mol. The van der Waals surface area contributed by atoms with Crippen LogP contribution in [0.5, 0.6) is 34.5 Å². The third-order valence-electron chi connectivity index (χ3n) is 8.98. The molecule has 2 aromatic heterocycles.